The summed E-state index contributed by atoms with van der Waals surface area (Å²) in [5, 5.41) is 26.9. The first-order chi connectivity index (χ1) is 19.3. The quantitative estimate of drug-likeness (QED) is 0.124. The van der Waals surface area contributed by atoms with Crippen LogP contribution in [-0.2, 0) is 35.2 Å². The van der Waals surface area contributed by atoms with Crippen LogP contribution in [0.4, 0.5) is 0 Å². The van der Waals surface area contributed by atoms with Crippen molar-refractivity contribution < 1.29 is 39.0 Å². The third-order valence-corrected chi connectivity index (χ3v) is 6.37. The summed E-state index contributed by atoms with van der Waals surface area (Å²) in [5.74, 6) is -5.64. The van der Waals surface area contributed by atoms with Crippen molar-refractivity contribution in [3.8, 4) is 0 Å². The maximum atomic E-state index is 13.5. The number of aromatic amines is 1. The summed E-state index contributed by atoms with van der Waals surface area (Å²) in [6, 6.07) is 2.20. The van der Waals surface area contributed by atoms with E-state index in [1.165, 1.54) is 0 Å². The van der Waals surface area contributed by atoms with Crippen LogP contribution in [0.3, 0.4) is 0 Å². The number of carboxylic acids is 2. The van der Waals surface area contributed by atoms with Crippen molar-refractivity contribution in [1.82, 2.24) is 20.9 Å². The van der Waals surface area contributed by atoms with Crippen molar-refractivity contribution in [2.45, 2.75) is 76.5 Å². The number of carbonyl (C=O) groups excluding carboxylic acids is 4. The van der Waals surface area contributed by atoms with Crippen LogP contribution in [0.15, 0.2) is 30.5 Å². The number of nitrogens with two attached hydrogens (primary N) is 2. The van der Waals surface area contributed by atoms with Crippen LogP contribution in [-0.4, -0.2) is 74.9 Å². The Morgan fingerprint density at radius 2 is 1.46 bits per heavy atom. The fourth-order valence-electron chi connectivity index (χ4n) is 4.21. The molecule has 0 spiro atoms. The van der Waals surface area contributed by atoms with E-state index < -0.39 is 66.2 Å². The number of para-hydroxylation sites is 1. The second kappa shape index (κ2) is 15.4. The first kappa shape index (κ1) is 32.8. The van der Waals surface area contributed by atoms with Crippen molar-refractivity contribution in [3.63, 3.8) is 0 Å². The van der Waals surface area contributed by atoms with Gasteiger partial charge in [0.25, 0.3) is 0 Å². The second-order valence-electron chi connectivity index (χ2n) is 10.3. The molecular formula is C27H38N6O8. The average molecular weight is 575 g/mol. The number of primary amides is 1. The van der Waals surface area contributed by atoms with Crippen LogP contribution < -0.4 is 27.4 Å². The van der Waals surface area contributed by atoms with Crippen LogP contribution in [0.2, 0.25) is 0 Å². The van der Waals surface area contributed by atoms with Crippen molar-refractivity contribution in [3.05, 3.63) is 36.0 Å². The number of carboxylic acid groups (broad SMARTS) is 2. The van der Waals surface area contributed by atoms with E-state index in [4.69, 9.17) is 11.5 Å². The first-order valence-corrected chi connectivity index (χ1v) is 13.2. The number of fused-ring (bicyclic) bond motifs is 1. The minimum absolute atomic E-state index is 0.0253. The summed E-state index contributed by atoms with van der Waals surface area (Å²) in [4.78, 5) is 76.5. The molecule has 10 N–H and O–H groups in total. The van der Waals surface area contributed by atoms with E-state index in [9.17, 15) is 39.0 Å². The van der Waals surface area contributed by atoms with E-state index in [1.54, 1.807) is 26.1 Å². The molecule has 0 fully saturated rings. The van der Waals surface area contributed by atoms with E-state index in [0.29, 0.717) is 5.56 Å². The predicted octanol–water partition coefficient (Wildman–Crippen LogP) is -0.247. The van der Waals surface area contributed by atoms with Gasteiger partial charge in [0.05, 0.1) is 6.04 Å². The van der Waals surface area contributed by atoms with Gasteiger partial charge in [-0.2, -0.15) is 0 Å². The van der Waals surface area contributed by atoms with E-state index >= 15 is 0 Å². The molecule has 0 radical (unpaired) electrons. The fourth-order valence-corrected chi connectivity index (χ4v) is 4.21. The molecule has 1 aromatic carbocycles. The average Bonchev–Trinajstić information content (AvgIpc) is 3.30. The number of aromatic nitrogens is 1. The third-order valence-electron chi connectivity index (χ3n) is 6.37. The smallest absolute Gasteiger partial charge is 0.326 e. The summed E-state index contributed by atoms with van der Waals surface area (Å²) in [6.07, 6.45) is 0.739. The fraction of sp³-hybridized carbons (Fsp3) is 0.481. The molecule has 2 aromatic rings. The summed E-state index contributed by atoms with van der Waals surface area (Å²) in [7, 11) is 0. The summed E-state index contributed by atoms with van der Waals surface area (Å²) < 4.78 is 0. The molecule has 2 rings (SSSR count). The molecule has 41 heavy (non-hydrogen) atoms. The Labute approximate surface area is 236 Å². The molecule has 14 heteroatoms. The Hall–Kier alpha value is -4.46. The molecule has 224 valence electrons. The highest BCUT2D eigenvalue weighted by Gasteiger charge is 2.31. The zero-order valence-corrected chi connectivity index (χ0v) is 23.0. The van der Waals surface area contributed by atoms with E-state index in [0.717, 1.165) is 10.9 Å². The monoisotopic (exact) mass is 574 g/mol. The lowest BCUT2D eigenvalue weighted by Crippen LogP contribution is -2.57. The minimum Gasteiger partial charge on any atom is -0.481 e. The topological polar surface area (TPSA) is 247 Å². The highest BCUT2D eigenvalue weighted by atomic mass is 16.4. The van der Waals surface area contributed by atoms with Gasteiger partial charge in [-0.05, 0) is 36.8 Å². The number of carbonyl (C=O) groups is 6. The molecule has 1 aromatic heterocycles. The molecule has 0 aliphatic heterocycles. The zero-order chi connectivity index (χ0) is 30.7. The Balaban J connectivity index is 2.31. The number of amides is 4. The van der Waals surface area contributed by atoms with Gasteiger partial charge in [0.15, 0.2) is 0 Å². The number of aliphatic carboxylic acids is 2. The van der Waals surface area contributed by atoms with Crippen LogP contribution in [0.1, 0.15) is 51.5 Å². The lowest BCUT2D eigenvalue weighted by atomic mass is 10.0. The van der Waals surface area contributed by atoms with E-state index in [2.05, 4.69) is 20.9 Å². The maximum Gasteiger partial charge on any atom is 0.326 e. The van der Waals surface area contributed by atoms with Crippen molar-refractivity contribution in [1.29, 1.82) is 0 Å². The van der Waals surface area contributed by atoms with E-state index in [-0.39, 0.29) is 38.0 Å². The molecule has 0 aliphatic carbocycles. The van der Waals surface area contributed by atoms with Gasteiger partial charge in [0, 0.05) is 36.4 Å². The third kappa shape index (κ3) is 10.6. The molecule has 4 amide bonds. The predicted molar refractivity (Wildman–Crippen MR) is 148 cm³/mol. The molecule has 4 unspecified atom stereocenters. The highest BCUT2D eigenvalue weighted by Crippen LogP contribution is 2.19. The standard InChI is InChI=1S/C27H38N6O8/c1-14(2)11-21(27(40)41)33-25(38)19(8-10-23(35)36)31-26(39)20(32-24(37)17(28)7-9-22(29)34)12-15-13-30-18-6-4-3-5-16(15)18/h3-6,13-14,17,19-21,30H,7-12,28H2,1-2H3,(H2,29,34)(H,31,39)(H,32,37)(H,33,38)(H,35,36)(H,40,41). The lowest BCUT2D eigenvalue weighted by molar-refractivity contribution is -0.143. The minimum atomic E-state index is -1.40. The molecule has 0 bridgehead atoms. The van der Waals surface area contributed by atoms with E-state index in [1.807, 2.05) is 18.2 Å². The van der Waals surface area contributed by atoms with Gasteiger partial charge in [0.2, 0.25) is 23.6 Å². The SMILES string of the molecule is CC(C)CC(NC(=O)C(CCC(=O)O)NC(=O)C(Cc1c[nH]c2ccccc12)NC(=O)C(N)CCC(N)=O)C(=O)O. The summed E-state index contributed by atoms with van der Waals surface area (Å²) in [5.41, 5.74) is 12.5. The number of hydrogen-bond acceptors (Lipinski definition) is 7. The van der Waals surface area contributed by atoms with Crippen LogP contribution >= 0.6 is 0 Å². The van der Waals surface area contributed by atoms with Crippen molar-refractivity contribution >= 4 is 46.5 Å². The van der Waals surface area contributed by atoms with Gasteiger partial charge in [-0.25, -0.2) is 4.79 Å². The highest BCUT2D eigenvalue weighted by molar-refractivity contribution is 5.95. The summed E-state index contributed by atoms with van der Waals surface area (Å²) in [6.45, 7) is 3.55. The van der Waals surface area contributed by atoms with Crippen molar-refractivity contribution in [2.24, 2.45) is 17.4 Å². The Kier molecular flexibility index (Phi) is 12.3. The molecule has 4 atom stereocenters. The van der Waals surface area contributed by atoms with Crippen LogP contribution in [0, 0.1) is 5.92 Å². The molecular weight excluding hydrogens is 536 g/mol. The maximum absolute atomic E-state index is 13.5. The number of hydrogen-bond donors (Lipinski definition) is 8. The first-order valence-electron chi connectivity index (χ1n) is 13.2. The molecule has 14 nitrogen and oxygen atoms in total. The number of nitrogens with one attached hydrogen (secondary N) is 4. The second-order valence-corrected chi connectivity index (χ2v) is 10.3. The Morgan fingerprint density at radius 3 is 2.07 bits per heavy atom. The van der Waals surface area contributed by atoms with Gasteiger partial charge < -0.3 is 42.6 Å². The summed E-state index contributed by atoms with van der Waals surface area (Å²) >= 11 is 0. The number of rotatable bonds is 17. The van der Waals surface area contributed by atoms with Gasteiger partial charge in [-0.15, -0.1) is 0 Å². The zero-order valence-electron chi connectivity index (χ0n) is 23.0. The number of H-pyrrole nitrogens is 1. The molecule has 1 heterocycles. The Bertz CT molecular complexity index is 1260. The molecule has 0 saturated heterocycles. The molecule has 0 aliphatic rings. The van der Waals surface area contributed by atoms with Gasteiger partial charge in [0.1, 0.15) is 18.1 Å². The van der Waals surface area contributed by atoms with Gasteiger partial charge >= 0.3 is 11.9 Å². The van der Waals surface area contributed by atoms with Crippen molar-refractivity contribution in [2.75, 3.05) is 0 Å². The van der Waals surface area contributed by atoms with Crippen LogP contribution in [0.25, 0.3) is 10.9 Å². The Morgan fingerprint density at radius 1 is 0.854 bits per heavy atom. The lowest BCUT2D eigenvalue weighted by Gasteiger charge is -2.25. The normalized spacial score (nSPS) is 14.0. The largest absolute Gasteiger partial charge is 0.481 e. The van der Waals surface area contributed by atoms with Gasteiger partial charge in [-0.1, -0.05) is 32.0 Å². The van der Waals surface area contributed by atoms with Crippen LogP contribution in [0.5, 0.6) is 0 Å². The molecule has 0 saturated carbocycles. The number of benzene rings is 1. The van der Waals surface area contributed by atoms with Gasteiger partial charge in [-0.3, -0.25) is 24.0 Å².